The molecule has 0 saturated carbocycles. The largest absolute Gasteiger partial charge is 0.478 e. The summed E-state index contributed by atoms with van der Waals surface area (Å²) >= 11 is 0. The summed E-state index contributed by atoms with van der Waals surface area (Å²) in [4.78, 5) is 143. The Morgan fingerprint density at radius 3 is 1.38 bits per heavy atom. The van der Waals surface area contributed by atoms with E-state index >= 15 is 0 Å². The van der Waals surface area contributed by atoms with Crippen molar-refractivity contribution in [1.82, 2.24) is 31.6 Å². The number of nitrogens with two attached hydrogens (primary N) is 1. The van der Waals surface area contributed by atoms with Crippen LogP contribution < -0.4 is 43.0 Å². The fourth-order valence-electron chi connectivity index (χ4n) is 6.51. The number of hydrogen-bond donors (Lipinski definition) is 12. The number of nitrogens with zero attached hydrogens (tertiary/aromatic N) is 1. The number of hydrogen-bond acceptors (Lipinski definition) is 16. The number of amides is 9. The van der Waals surface area contributed by atoms with Gasteiger partial charge in [0.05, 0.1) is 27.8 Å². The van der Waals surface area contributed by atoms with Crippen LogP contribution in [0.15, 0.2) is 72.8 Å². The smallest absolute Gasteiger partial charge is 0.333 e. The summed E-state index contributed by atoms with van der Waals surface area (Å²) in [5, 5.41) is 53.7. The average molecular weight is 1160 g/mol. The number of carbonyl (C=O) groups excluding carboxylic acids is 10. The lowest BCUT2D eigenvalue weighted by Gasteiger charge is -2.24. The van der Waals surface area contributed by atoms with Crippen LogP contribution in [0, 0.1) is 11.8 Å². The molecule has 0 unspecified atom stereocenters. The first kappa shape index (κ1) is 71.6. The topological polar surface area (TPSA) is 408 Å². The van der Waals surface area contributed by atoms with E-state index in [0.717, 1.165) is 29.9 Å². The van der Waals surface area contributed by atoms with Gasteiger partial charge in [-0.2, -0.15) is 0 Å². The second kappa shape index (κ2) is 41.6. The monoisotopic (exact) mass is 1160 g/mol. The molecule has 0 aliphatic carbocycles. The third kappa shape index (κ3) is 32.6. The van der Waals surface area contributed by atoms with Gasteiger partial charge in [0, 0.05) is 74.5 Å². The zero-order chi connectivity index (χ0) is 63.0. The number of carboxylic acids is 2. The van der Waals surface area contributed by atoms with Crippen LogP contribution in [0.25, 0.3) is 0 Å². The molecule has 2 aromatic rings. The number of aliphatic hydroxyl groups excluding tert-OH is 2. The highest BCUT2D eigenvalue weighted by molar-refractivity contribution is 6.02. The number of rotatable bonds is 30. The van der Waals surface area contributed by atoms with E-state index in [1.165, 1.54) is 0 Å². The SMILES string of the molecule is CC(C)[C@H](N)C(=O)N[C@@H](C)C(=O)Nc1ccc(CO)cc1.CC(C)[C@H](NC(=O)CCCCCNC(=O)/C=C\C(=O)O)C(=O)N[C@@H](C)C(=O)Nc1ccc(CO)cc1.O=C(O)/C=C\C(=O)NCCCCCC(=O)ON1C(=O)CCC1=O.[2H]CF. The number of aliphatic carboxylic acids is 2. The Morgan fingerprint density at radius 1 is 0.598 bits per heavy atom. The van der Waals surface area contributed by atoms with Gasteiger partial charge >= 0.3 is 17.9 Å². The Labute approximate surface area is 477 Å². The normalized spacial score (nSPS) is 13.3. The van der Waals surface area contributed by atoms with Gasteiger partial charge in [-0.1, -0.05) is 64.8 Å². The van der Waals surface area contributed by atoms with E-state index in [4.69, 9.17) is 32.4 Å². The number of carboxylic acid groups (broad SMARTS) is 2. The molecule has 1 aliphatic heterocycles. The van der Waals surface area contributed by atoms with Gasteiger partial charge in [-0.3, -0.25) is 47.5 Å². The molecule has 454 valence electrons. The van der Waals surface area contributed by atoms with Crippen molar-refractivity contribution in [3.8, 4) is 0 Å². The molecule has 2 aromatic carbocycles. The van der Waals surface area contributed by atoms with Gasteiger partial charge in [-0.15, -0.1) is 5.06 Å². The molecule has 1 fully saturated rings. The van der Waals surface area contributed by atoms with E-state index in [2.05, 4.69) is 37.2 Å². The van der Waals surface area contributed by atoms with E-state index in [1.54, 1.807) is 76.2 Å². The van der Waals surface area contributed by atoms with Crippen molar-refractivity contribution in [2.45, 2.75) is 143 Å². The molecule has 0 bridgehead atoms. The molecule has 1 heterocycles. The number of unbranched alkanes of at least 4 members (excludes halogenated alkanes) is 4. The predicted molar refractivity (Wildman–Crippen MR) is 297 cm³/mol. The molecule has 0 aromatic heterocycles. The van der Waals surface area contributed by atoms with E-state index in [1.807, 2.05) is 13.8 Å². The molecule has 0 radical (unpaired) electrons. The van der Waals surface area contributed by atoms with Gasteiger partial charge in [0.2, 0.25) is 41.4 Å². The van der Waals surface area contributed by atoms with Crippen molar-refractivity contribution in [2.75, 3.05) is 30.9 Å². The van der Waals surface area contributed by atoms with Crippen molar-refractivity contribution >= 4 is 82.4 Å². The van der Waals surface area contributed by atoms with Crippen LogP contribution in [0.2, 0.25) is 0 Å². The lowest BCUT2D eigenvalue weighted by Crippen LogP contribution is -2.53. The summed E-state index contributed by atoms with van der Waals surface area (Å²) in [6.45, 7) is 11.0. The van der Waals surface area contributed by atoms with Crippen LogP contribution in [0.1, 0.15) is 118 Å². The predicted octanol–water partition coefficient (Wildman–Crippen LogP) is 2.18. The van der Waals surface area contributed by atoms with E-state index in [0.29, 0.717) is 73.6 Å². The molecule has 9 amide bonds. The number of nitrogens with one attached hydrogen (secondary N) is 7. The summed E-state index contributed by atoms with van der Waals surface area (Å²) in [5.41, 5.74) is 8.33. The second-order valence-corrected chi connectivity index (χ2v) is 18.8. The zero-order valence-electron chi connectivity index (χ0n) is 48.0. The minimum Gasteiger partial charge on any atom is -0.478 e. The summed E-state index contributed by atoms with van der Waals surface area (Å²) in [6.07, 6.45) is 7.25. The van der Waals surface area contributed by atoms with Gasteiger partial charge < -0.3 is 68.2 Å². The molecular formula is C55H80FN9O17. The first-order valence-corrected chi connectivity index (χ1v) is 26.2. The van der Waals surface area contributed by atoms with Crippen molar-refractivity contribution in [3.05, 3.63) is 84.0 Å². The van der Waals surface area contributed by atoms with Gasteiger partial charge in [-0.25, -0.2) is 14.4 Å². The van der Waals surface area contributed by atoms with Crippen LogP contribution in [-0.4, -0.2) is 141 Å². The Bertz CT molecular complexity index is 2480. The van der Waals surface area contributed by atoms with E-state index in [9.17, 15) is 61.9 Å². The van der Waals surface area contributed by atoms with Gasteiger partial charge in [0.1, 0.15) is 18.1 Å². The number of alkyl halides is 1. The number of imide groups is 1. The highest BCUT2D eigenvalue weighted by Crippen LogP contribution is 2.15. The molecule has 13 N–H and O–H groups in total. The van der Waals surface area contributed by atoms with Gasteiger partial charge in [0.25, 0.3) is 11.8 Å². The molecular weight excluding hydrogens is 1080 g/mol. The molecule has 0 spiro atoms. The number of hydroxylamine groups is 2. The van der Waals surface area contributed by atoms with Crippen molar-refractivity contribution in [1.29, 1.82) is 0 Å². The first-order chi connectivity index (χ1) is 39.2. The van der Waals surface area contributed by atoms with Crippen LogP contribution in [0.4, 0.5) is 15.8 Å². The fourth-order valence-corrected chi connectivity index (χ4v) is 6.51. The van der Waals surface area contributed by atoms with Crippen LogP contribution in [-0.2, 0) is 75.6 Å². The maximum absolute atomic E-state index is 12.7. The minimum absolute atomic E-state index is 0.00582. The second-order valence-electron chi connectivity index (χ2n) is 18.8. The van der Waals surface area contributed by atoms with E-state index in [-0.39, 0.29) is 68.5 Å². The van der Waals surface area contributed by atoms with E-state index < -0.39 is 84.7 Å². The number of carbonyl (C=O) groups is 12. The van der Waals surface area contributed by atoms with Crippen LogP contribution in [0.3, 0.4) is 0 Å². The van der Waals surface area contributed by atoms with Crippen LogP contribution in [0.5, 0.6) is 0 Å². The third-order valence-corrected chi connectivity index (χ3v) is 11.3. The highest BCUT2D eigenvalue weighted by atomic mass is 19.1. The highest BCUT2D eigenvalue weighted by Gasteiger charge is 2.33. The summed E-state index contributed by atoms with van der Waals surface area (Å²) in [7, 11) is -1.00. The molecule has 27 heteroatoms. The molecule has 1 aliphatic rings. The number of aliphatic hydroxyl groups is 2. The Hall–Kier alpha value is -8.43. The average Bonchev–Trinajstić information content (AvgIpc) is 3.79. The lowest BCUT2D eigenvalue weighted by atomic mass is 10.0. The summed E-state index contributed by atoms with van der Waals surface area (Å²) < 4.78 is 15.5. The van der Waals surface area contributed by atoms with Crippen molar-refractivity contribution in [3.63, 3.8) is 0 Å². The molecule has 4 atom stereocenters. The van der Waals surface area contributed by atoms with Crippen molar-refractivity contribution < 1.29 is 88.6 Å². The van der Waals surface area contributed by atoms with Crippen LogP contribution >= 0.6 is 0 Å². The zero-order valence-corrected chi connectivity index (χ0v) is 47.0. The Balaban J connectivity index is 0.00000124. The number of anilines is 2. The Kier molecular flexibility index (Phi) is 36.3. The fraction of sp³-hybridized carbons (Fsp3) is 0.491. The summed E-state index contributed by atoms with van der Waals surface area (Å²) in [5.74, 6) is -7.12. The standard InChI is InChI=1S/C25H36N4O7.C15H23N3O3.C14H18N2O7.CH3F/c1-16(2)23(29-21(32)7-5-4-6-14-26-20(31)12-13-22(33)34)25(36)27-17(3)24(35)28-19-10-8-18(15-30)9-11-19;1-9(2)13(16)15(21)17-10(3)14(20)18-12-6-4-11(8-19)5-7-12;17-10(5-8-13(20)21)15-9-3-1-2-4-14(22)23-16-11(18)6-7-12(16)19;1-2/h8-13,16-17,23,30H,4-7,14-15H2,1-3H3,(H,26,31)(H,27,36)(H,28,35)(H,29,32)(H,33,34);4-7,9-10,13,19H,8,16H2,1-3H3,(H,17,21)(H,18,20);5,8H,1-4,6-7,9H2,(H,15,17)(H,20,21);1H3/b13-12-;;8-5-;/t17-,23-;10-,13-;;/m00../s1/i;;;1D. The third-order valence-electron chi connectivity index (χ3n) is 11.3. The van der Waals surface area contributed by atoms with Gasteiger partial charge in [0.15, 0.2) is 0 Å². The molecule has 1 saturated heterocycles. The molecule has 82 heavy (non-hydrogen) atoms. The van der Waals surface area contributed by atoms with Crippen molar-refractivity contribution in [2.24, 2.45) is 17.6 Å². The first-order valence-electron chi connectivity index (χ1n) is 26.9. The lowest BCUT2D eigenvalue weighted by molar-refractivity contribution is -0.197. The Morgan fingerprint density at radius 2 is 1.00 bits per heavy atom. The summed E-state index contributed by atoms with van der Waals surface area (Å²) in [6, 6.07) is 10.5. The van der Waals surface area contributed by atoms with Gasteiger partial charge in [-0.05, 0) is 86.8 Å². The maximum atomic E-state index is 12.7. The molecule has 3 rings (SSSR count). The number of benzene rings is 2. The number of halogens is 1. The molecule has 26 nitrogen and oxygen atoms in total. The quantitative estimate of drug-likeness (QED) is 0.0303. The minimum atomic E-state index is -1.20. The maximum Gasteiger partial charge on any atom is 0.333 e.